The van der Waals surface area contributed by atoms with E-state index in [0.717, 1.165) is 49.2 Å². The van der Waals surface area contributed by atoms with Crippen LogP contribution in [-0.2, 0) is 40.2 Å². The van der Waals surface area contributed by atoms with Gasteiger partial charge in [-0.15, -0.1) is 0 Å². The minimum absolute atomic E-state index is 0.155. The lowest BCUT2D eigenvalue weighted by molar-refractivity contribution is -0.136. The highest BCUT2D eigenvalue weighted by Gasteiger charge is 2.40. The molecule has 3 N–H and O–H groups in total. The predicted octanol–water partition coefficient (Wildman–Crippen LogP) is 8.11. The summed E-state index contributed by atoms with van der Waals surface area (Å²) < 4.78 is 41.0. The average Bonchev–Trinajstić information content (AvgIpc) is 3.86. The van der Waals surface area contributed by atoms with E-state index in [4.69, 9.17) is 21.1 Å². The number of aromatic nitrogens is 2. The molecule has 5 heterocycles. The number of para-hydroxylation sites is 1. The van der Waals surface area contributed by atoms with Gasteiger partial charge in [0.2, 0.25) is 17.8 Å². The molecule has 2 saturated heterocycles. The van der Waals surface area contributed by atoms with E-state index in [9.17, 15) is 18.9 Å². The first-order valence-electron chi connectivity index (χ1n) is 21.4. The molecule has 17 heteroatoms. The number of nitrogens with zero attached hydrogens (tertiary/aromatic N) is 5. The number of carbonyl (C=O) groups excluding carboxylic acids is 3. The van der Waals surface area contributed by atoms with Crippen LogP contribution in [0.3, 0.4) is 0 Å². The van der Waals surface area contributed by atoms with Crippen molar-refractivity contribution in [3.63, 3.8) is 0 Å². The Bertz CT molecular complexity index is 2740. The Hall–Kier alpha value is -6.02. The number of carbonyl (C=O) groups is 3. The lowest BCUT2D eigenvalue weighted by atomic mass is 10.00. The van der Waals surface area contributed by atoms with Crippen LogP contribution in [0.15, 0.2) is 72.9 Å². The molecule has 64 heavy (non-hydrogen) atoms. The molecule has 1 unspecified atom stereocenters. The van der Waals surface area contributed by atoms with Crippen LogP contribution in [0.1, 0.15) is 65.2 Å². The van der Waals surface area contributed by atoms with Gasteiger partial charge in [0, 0.05) is 78.5 Å². The van der Waals surface area contributed by atoms with Crippen LogP contribution in [0.5, 0.6) is 17.2 Å². The molecule has 332 valence electrons. The fourth-order valence-electron chi connectivity index (χ4n) is 9.30. The zero-order chi connectivity index (χ0) is 44.9. The van der Waals surface area contributed by atoms with Gasteiger partial charge in [-0.25, -0.2) is 9.37 Å². The lowest BCUT2D eigenvalue weighted by Crippen LogP contribution is -2.52. The van der Waals surface area contributed by atoms with E-state index in [1.807, 2.05) is 30.3 Å². The third kappa shape index (κ3) is 8.51. The predicted molar refractivity (Wildman–Crippen MR) is 245 cm³/mol. The number of ether oxygens (including phenoxy) is 2. The fraction of sp³-hybridized carbons (Fsp3) is 0.340. The number of hydrogen-bond donors (Lipinski definition) is 3. The van der Waals surface area contributed by atoms with Gasteiger partial charge >= 0.3 is 0 Å². The molecule has 3 amide bonds. The second kappa shape index (κ2) is 17.5. The molecule has 2 fully saturated rings. The summed E-state index contributed by atoms with van der Waals surface area (Å²) in [5, 5.41) is 9.93. The summed E-state index contributed by atoms with van der Waals surface area (Å²) in [5.41, 5.74) is 6.19. The molecule has 1 aromatic heterocycles. The minimum Gasteiger partial charge on any atom is -0.494 e. The highest BCUT2D eigenvalue weighted by atomic mass is 35.5. The van der Waals surface area contributed by atoms with E-state index in [2.05, 4.69) is 54.8 Å². The van der Waals surface area contributed by atoms with E-state index in [1.54, 1.807) is 38.6 Å². The molecule has 14 nitrogen and oxygen atoms in total. The Kier molecular flexibility index (Phi) is 11.8. The van der Waals surface area contributed by atoms with Crippen molar-refractivity contribution in [1.82, 2.24) is 25.1 Å². The van der Waals surface area contributed by atoms with E-state index in [1.165, 1.54) is 17.2 Å². The van der Waals surface area contributed by atoms with Crippen LogP contribution in [0, 0.1) is 5.82 Å². The fourth-order valence-corrected chi connectivity index (χ4v) is 10.6. The van der Waals surface area contributed by atoms with E-state index in [-0.39, 0.29) is 43.1 Å². The van der Waals surface area contributed by atoms with E-state index in [0.29, 0.717) is 80.5 Å². The van der Waals surface area contributed by atoms with Gasteiger partial charge < -0.3 is 34.5 Å². The molecule has 5 aromatic rings. The zero-order valence-corrected chi connectivity index (χ0v) is 37.7. The summed E-state index contributed by atoms with van der Waals surface area (Å²) >= 11 is 6.53. The van der Waals surface area contributed by atoms with Crippen molar-refractivity contribution in [3.05, 3.63) is 112 Å². The second-order valence-electron chi connectivity index (χ2n) is 17.0. The largest absolute Gasteiger partial charge is 0.494 e. The Morgan fingerprint density at radius 2 is 1.72 bits per heavy atom. The average molecular weight is 907 g/mol. The van der Waals surface area contributed by atoms with Crippen LogP contribution < -0.4 is 35.6 Å². The standard InChI is InChI=1S/C47H49ClFN8O6P/c1-5-27-20-37(52-47-50-23-34(48)44(54-47)51-36-10-6-7-12-42(36)64(3,4)61)41(62-2)22-39(27)55-17-15-29(16-18-55)56-24-28-19-30(21-35(49)32(28)25-56)63-40-11-8-9-31-33(40)26-57(46(31)60)38-13-14-43(58)53-45(38)59/h6-12,19-23,29,38H,5,13-18,24-26H2,1-4H3,(H,53,58,59)(H2,50,51,52,54). The number of hydrogen-bond acceptors (Lipinski definition) is 12. The number of methoxy groups -OCH3 is 1. The summed E-state index contributed by atoms with van der Waals surface area (Å²) in [6.07, 6.45) is 4.50. The maximum absolute atomic E-state index is 15.8. The van der Waals surface area contributed by atoms with Crippen molar-refractivity contribution < 1.29 is 32.8 Å². The van der Waals surface area contributed by atoms with Gasteiger partial charge in [-0.3, -0.25) is 24.6 Å². The van der Waals surface area contributed by atoms with Crippen molar-refractivity contribution in [3.8, 4) is 17.2 Å². The first-order valence-corrected chi connectivity index (χ1v) is 24.4. The molecule has 0 bridgehead atoms. The van der Waals surface area contributed by atoms with Gasteiger partial charge in [0.25, 0.3) is 5.91 Å². The number of nitrogens with one attached hydrogen (secondary N) is 3. The highest BCUT2D eigenvalue weighted by Crippen LogP contribution is 2.42. The number of aryl methyl sites for hydroxylation is 1. The summed E-state index contributed by atoms with van der Waals surface area (Å²) in [5.74, 6) is 0.645. The minimum atomic E-state index is -2.58. The number of piperidine rings is 2. The molecule has 0 saturated carbocycles. The summed E-state index contributed by atoms with van der Waals surface area (Å²) in [7, 11) is -0.950. The van der Waals surface area contributed by atoms with Gasteiger partial charge in [-0.05, 0) is 86.5 Å². The number of amides is 3. The van der Waals surface area contributed by atoms with Crippen molar-refractivity contribution in [2.75, 3.05) is 49.1 Å². The summed E-state index contributed by atoms with van der Waals surface area (Å²) in [6, 6.07) is 19.5. The van der Waals surface area contributed by atoms with Gasteiger partial charge in [0.05, 0.1) is 31.2 Å². The van der Waals surface area contributed by atoms with Gasteiger partial charge in [-0.1, -0.05) is 36.7 Å². The molecular formula is C47H49ClFN8O6P. The molecule has 0 aliphatic carbocycles. The normalized spacial score (nSPS) is 17.9. The maximum Gasteiger partial charge on any atom is 0.255 e. The Morgan fingerprint density at radius 3 is 2.47 bits per heavy atom. The molecule has 0 radical (unpaired) electrons. The molecule has 4 aliphatic rings. The number of imide groups is 1. The molecule has 4 aliphatic heterocycles. The number of fused-ring (bicyclic) bond motifs is 2. The van der Waals surface area contributed by atoms with Crippen LogP contribution in [0.2, 0.25) is 5.02 Å². The third-order valence-corrected chi connectivity index (χ3v) is 14.4. The van der Waals surface area contributed by atoms with Gasteiger partial charge in [0.15, 0.2) is 5.82 Å². The molecule has 9 rings (SSSR count). The molecule has 4 aromatic carbocycles. The first kappa shape index (κ1) is 43.2. The number of halogens is 2. The van der Waals surface area contributed by atoms with E-state index < -0.39 is 19.1 Å². The Labute approximate surface area is 375 Å². The van der Waals surface area contributed by atoms with Crippen LogP contribution in [0.25, 0.3) is 0 Å². The maximum atomic E-state index is 15.8. The SMILES string of the molecule is CCc1cc(Nc2ncc(Cl)c(Nc3ccccc3P(C)(C)=O)n2)c(OC)cc1N1CCC(N2Cc3cc(Oc4cccc5c4CN(C4CCC(=O)NC4=O)C5=O)cc(F)c3C2)CC1. The third-order valence-electron chi connectivity index (χ3n) is 12.6. The van der Waals surface area contributed by atoms with Gasteiger partial charge in [0.1, 0.15) is 41.3 Å². The highest BCUT2D eigenvalue weighted by molar-refractivity contribution is 7.70. The van der Waals surface area contributed by atoms with Crippen molar-refractivity contribution in [2.24, 2.45) is 0 Å². The summed E-state index contributed by atoms with van der Waals surface area (Å²) in [6.45, 7) is 8.43. The number of rotatable bonds is 12. The quantitative estimate of drug-likeness (QED) is 0.0818. The number of anilines is 5. The number of benzene rings is 4. The van der Waals surface area contributed by atoms with Crippen LogP contribution in [-0.4, -0.2) is 83.1 Å². The van der Waals surface area contributed by atoms with Crippen molar-refractivity contribution in [1.29, 1.82) is 0 Å². The van der Waals surface area contributed by atoms with Crippen molar-refractivity contribution in [2.45, 2.75) is 70.7 Å². The lowest BCUT2D eigenvalue weighted by Gasteiger charge is -2.38. The molecule has 0 spiro atoms. The Balaban J connectivity index is 0.850. The van der Waals surface area contributed by atoms with Gasteiger partial charge in [-0.2, -0.15) is 4.98 Å². The topological polar surface area (TPSA) is 158 Å². The Morgan fingerprint density at radius 1 is 0.922 bits per heavy atom. The summed E-state index contributed by atoms with van der Waals surface area (Å²) in [4.78, 5) is 53.0. The molecular weight excluding hydrogens is 858 g/mol. The van der Waals surface area contributed by atoms with Crippen LogP contribution in [0.4, 0.5) is 33.2 Å². The molecule has 1 atom stereocenters. The monoisotopic (exact) mass is 906 g/mol. The smallest absolute Gasteiger partial charge is 0.255 e. The van der Waals surface area contributed by atoms with E-state index >= 15 is 4.39 Å². The van der Waals surface area contributed by atoms with Crippen LogP contribution >= 0.6 is 18.7 Å². The second-order valence-corrected chi connectivity index (χ2v) is 20.6. The van der Waals surface area contributed by atoms with Crippen molar-refractivity contribution >= 4 is 70.6 Å². The first-order chi connectivity index (χ1) is 30.8. The zero-order valence-electron chi connectivity index (χ0n) is 36.0.